The molecule has 0 aliphatic rings. The van der Waals surface area contributed by atoms with E-state index in [0.29, 0.717) is 11.1 Å². The maximum Gasteiger partial charge on any atom is 0.252 e. The molecular formula is C25H23N3O3S. The summed E-state index contributed by atoms with van der Waals surface area (Å²) in [7, 11) is -2.03. The summed E-state index contributed by atoms with van der Waals surface area (Å²) in [5.74, 6) is -0.390. The fraction of sp³-hybridized carbons (Fsp3) is 0.120. The van der Waals surface area contributed by atoms with Crippen LogP contribution in [-0.2, 0) is 22.3 Å². The standard InChI is InChI=1S/C25H23N3O3S/c1-26-32(30,31)17-20-12-6-5-11-19(20)16-27-25(29)22-15-24(18-9-3-2-4-10-18)28-23-14-8-7-13-21(22)23/h2-15,26H,16-17H2,1H3,(H,27,29). The minimum atomic E-state index is -3.42. The van der Waals surface area contributed by atoms with Crippen LogP contribution < -0.4 is 10.0 Å². The second-order valence-electron chi connectivity index (χ2n) is 7.35. The number of para-hydroxylation sites is 1. The lowest BCUT2D eigenvalue weighted by molar-refractivity contribution is 0.0952. The molecule has 1 heterocycles. The van der Waals surface area contributed by atoms with Gasteiger partial charge >= 0.3 is 0 Å². The van der Waals surface area contributed by atoms with Gasteiger partial charge in [0.1, 0.15) is 0 Å². The van der Waals surface area contributed by atoms with Crippen LogP contribution in [0.3, 0.4) is 0 Å². The normalized spacial score (nSPS) is 11.4. The summed E-state index contributed by atoms with van der Waals surface area (Å²) in [4.78, 5) is 17.9. The van der Waals surface area contributed by atoms with Crippen LogP contribution in [0.4, 0.5) is 0 Å². The van der Waals surface area contributed by atoms with E-state index < -0.39 is 10.0 Å². The van der Waals surface area contributed by atoms with Crippen molar-refractivity contribution in [1.82, 2.24) is 15.0 Å². The van der Waals surface area contributed by atoms with Crippen LogP contribution in [0.15, 0.2) is 84.9 Å². The summed E-state index contributed by atoms with van der Waals surface area (Å²) < 4.78 is 26.3. The van der Waals surface area contributed by atoms with E-state index in [4.69, 9.17) is 4.98 Å². The van der Waals surface area contributed by atoms with Crippen LogP contribution in [0.1, 0.15) is 21.5 Å². The molecule has 1 amide bonds. The summed E-state index contributed by atoms with van der Waals surface area (Å²) in [6.07, 6.45) is 0. The third kappa shape index (κ3) is 4.85. The Labute approximate surface area is 187 Å². The van der Waals surface area contributed by atoms with Crippen LogP contribution in [-0.4, -0.2) is 26.4 Å². The molecule has 0 fully saturated rings. The minimum Gasteiger partial charge on any atom is -0.348 e. The third-order valence-corrected chi connectivity index (χ3v) is 6.56. The highest BCUT2D eigenvalue weighted by molar-refractivity contribution is 7.88. The summed E-state index contributed by atoms with van der Waals surface area (Å²) in [6, 6.07) is 26.2. The van der Waals surface area contributed by atoms with Gasteiger partial charge in [-0.1, -0.05) is 72.8 Å². The molecule has 0 aliphatic heterocycles. The number of rotatable bonds is 7. The van der Waals surface area contributed by atoms with Crippen molar-refractivity contribution in [2.24, 2.45) is 0 Å². The molecular weight excluding hydrogens is 422 g/mol. The molecule has 0 bridgehead atoms. The zero-order valence-corrected chi connectivity index (χ0v) is 18.4. The van der Waals surface area contributed by atoms with Crippen molar-refractivity contribution >= 4 is 26.8 Å². The van der Waals surface area contributed by atoms with Crippen LogP contribution in [0.2, 0.25) is 0 Å². The Morgan fingerprint density at radius 1 is 0.875 bits per heavy atom. The molecule has 162 valence electrons. The number of carbonyl (C=O) groups is 1. The Balaban J connectivity index is 1.64. The number of nitrogens with one attached hydrogen (secondary N) is 2. The number of benzene rings is 3. The second-order valence-corrected chi connectivity index (χ2v) is 9.28. The summed E-state index contributed by atoms with van der Waals surface area (Å²) in [5, 5.41) is 3.71. The first-order chi connectivity index (χ1) is 15.5. The first-order valence-corrected chi connectivity index (χ1v) is 11.8. The maximum atomic E-state index is 13.2. The van der Waals surface area contributed by atoms with Gasteiger partial charge in [-0.2, -0.15) is 0 Å². The van der Waals surface area contributed by atoms with Gasteiger partial charge in [-0.25, -0.2) is 18.1 Å². The van der Waals surface area contributed by atoms with E-state index in [1.165, 1.54) is 7.05 Å². The first-order valence-electron chi connectivity index (χ1n) is 10.2. The van der Waals surface area contributed by atoms with E-state index in [2.05, 4.69) is 10.0 Å². The average Bonchev–Trinajstić information content (AvgIpc) is 2.83. The van der Waals surface area contributed by atoms with Gasteiger partial charge < -0.3 is 5.32 Å². The van der Waals surface area contributed by atoms with Gasteiger partial charge in [-0.05, 0) is 30.3 Å². The van der Waals surface area contributed by atoms with E-state index in [9.17, 15) is 13.2 Å². The zero-order valence-electron chi connectivity index (χ0n) is 17.6. The lowest BCUT2D eigenvalue weighted by atomic mass is 10.0. The fourth-order valence-electron chi connectivity index (χ4n) is 3.54. The summed E-state index contributed by atoms with van der Waals surface area (Å²) in [5.41, 5.74) is 4.30. The monoisotopic (exact) mass is 445 g/mol. The number of pyridine rings is 1. The Morgan fingerprint density at radius 3 is 2.28 bits per heavy atom. The number of amides is 1. The number of sulfonamides is 1. The van der Waals surface area contributed by atoms with Gasteiger partial charge in [0.15, 0.2) is 0 Å². The highest BCUT2D eigenvalue weighted by Gasteiger charge is 2.16. The number of hydrogen-bond acceptors (Lipinski definition) is 4. The first kappa shape index (κ1) is 21.7. The van der Waals surface area contributed by atoms with E-state index in [0.717, 1.165) is 27.7 Å². The lowest BCUT2D eigenvalue weighted by Crippen LogP contribution is -2.25. The Bertz CT molecular complexity index is 1370. The molecule has 7 heteroatoms. The Morgan fingerprint density at radius 2 is 1.53 bits per heavy atom. The highest BCUT2D eigenvalue weighted by atomic mass is 32.2. The molecule has 4 aromatic rings. The predicted octanol–water partition coefficient (Wildman–Crippen LogP) is 3.88. The Kier molecular flexibility index (Phi) is 6.30. The smallest absolute Gasteiger partial charge is 0.252 e. The van der Waals surface area contributed by atoms with Gasteiger partial charge in [-0.3, -0.25) is 4.79 Å². The van der Waals surface area contributed by atoms with Crippen molar-refractivity contribution in [3.8, 4) is 11.3 Å². The topological polar surface area (TPSA) is 88.2 Å². The van der Waals surface area contributed by atoms with Crippen LogP contribution in [0.25, 0.3) is 22.2 Å². The molecule has 1 aromatic heterocycles. The lowest BCUT2D eigenvalue weighted by Gasteiger charge is -2.13. The quantitative estimate of drug-likeness (QED) is 0.452. The molecule has 6 nitrogen and oxygen atoms in total. The number of fused-ring (bicyclic) bond motifs is 1. The van der Waals surface area contributed by atoms with Crippen LogP contribution >= 0.6 is 0 Å². The zero-order chi connectivity index (χ0) is 22.6. The van der Waals surface area contributed by atoms with Crippen molar-refractivity contribution in [2.45, 2.75) is 12.3 Å². The SMILES string of the molecule is CNS(=O)(=O)Cc1ccccc1CNC(=O)c1cc(-c2ccccc2)nc2ccccc12. The van der Waals surface area contributed by atoms with Crippen LogP contribution in [0.5, 0.6) is 0 Å². The van der Waals surface area contributed by atoms with Crippen molar-refractivity contribution in [3.05, 3.63) is 102 Å². The molecule has 4 rings (SSSR count). The van der Waals surface area contributed by atoms with Gasteiger partial charge in [0.2, 0.25) is 10.0 Å². The summed E-state index contributed by atoms with van der Waals surface area (Å²) >= 11 is 0. The molecule has 0 unspecified atom stereocenters. The predicted molar refractivity (Wildman–Crippen MR) is 126 cm³/mol. The summed E-state index contributed by atoms with van der Waals surface area (Å²) in [6.45, 7) is 0.214. The molecule has 0 spiro atoms. The minimum absolute atomic E-state index is 0.147. The van der Waals surface area contributed by atoms with E-state index in [1.54, 1.807) is 18.2 Å². The molecule has 0 aliphatic carbocycles. The third-order valence-electron chi connectivity index (χ3n) is 5.24. The number of carbonyl (C=O) groups excluding carboxylic acids is 1. The van der Waals surface area contributed by atoms with Crippen molar-refractivity contribution in [1.29, 1.82) is 0 Å². The van der Waals surface area contributed by atoms with E-state index in [1.807, 2.05) is 66.7 Å². The van der Waals surface area contributed by atoms with Crippen molar-refractivity contribution in [3.63, 3.8) is 0 Å². The molecule has 32 heavy (non-hydrogen) atoms. The average molecular weight is 446 g/mol. The molecule has 0 radical (unpaired) electrons. The van der Waals surface area contributed by atoms with Crippen molar-refractivity contribution < 1.29 is 13.2 Å². The number of nitrogens with zero attached hydrogens (tertiary/aromatic N) is 1. The van der Waals surface area contributed by atoms with Gasteiger partial charge in [0.05, 0.1) is 22.5 Å². The van der Waals surface area contributed by atoms with E-state index in [-0.39, 0.29) is 18.2 Å². The van der Waals surface area contributed by atoms with Gasteiger partial charge in [0, 0.05) is 17.5 Å². The van der Waals surface area contributed by atoms with Gasteiger partial charge in [-0.15, -0.1) is 0 Å². The fourth-order valence-corrected chi connectivity index (χ4v) is 4.37. The van der Waals surface area contributed by atoms with Crippen LogP contribution in [0, 0.1) is 0 Å². The second kappa shape index (κ2) is 9.30. The van der Waals surface area contributed by atoms with Crippen molar-refractivity contribution in [2.75, 3.05) is 7.05 Å². The van der Waals surface area contributed by atoms with E-state index >= 15 is 0 Å². The largest absolute Gasteiger partial charge is 0.348 e. The van der Waals surface area contributed by atoms with Gasteiger partial charge in [0.25, 0.3) is 5.91 Å². The number of aromatic nitrogens is 1. The molecule has 0 saturated heterocycles. The molecule has 3 aromatic carbocycles. The number of hydrogen-bond donors (Lipinski definition) is 2. The molecule has 2 N–H and O–H groups in total. The maximum absolute atomic E-state index is 13.2. The highest BCUT2D eigenvalue weighted by Crippen LogP contribution is 2.25. The molecule has 0 saturated carbocycles. The molecule has 0 atom stereocenters. The Hall–Kier alpha value is -3.55.